The number of nitrogens with zero attached hydrogens (tertiary/aromatic N) is 2. The van der Waals surface area contributed by atoms with Gasteiger partial charge in [0.15, 0.2) is 0 Å². The second-order valence-electron chi connectivity index (χ2n) is 6.28. The van der Waals surface area contributed by atoms with Gasteiger partial charge in [0.2, 0.25) is 0 Å². The number of rotatable bonds is 5. The molecule has 1 aliphatic rings. The average molecular weight is 380 g/mol. The highest BCUT2D eigenvalue weighted by atomic mass is 32.2. The highest BCUT2D eigenvalue weighted by Crippen LogP contribution is 2.29. The van der Waals surface area contributed by atoms with Crippen molar-refractivity contribution in [3.05, 3.63) is 60.8 Å². The Hall–Kier alpha value is -2.57. The average Bonchev–Trinajstić information content (AvgIpc) is 2.73. The zero-order valence-electron chi connectivity index (χ0n) is 15.0. The van der Waals surface area contributed by atoms with E-state index in [-0.39, 0.29) is 18.6 Å². The Balaban J connectivity index is 1.45. The Bertz CT molecular complexity index is 940. The number of morpholine rings is 1. The van der Waals surface area contributed by atoms with Crippen LogP contribution in [0.4, 0.5) is 5.69 Å². The minimum atomic E-state index is -0.0335. The number of ether oxygens (including phenoxy) is 2. The summed E-state index contributed by atoms with van der Waals surface area (Å²) in [6, 6.07) is 17.7. The Morgan fingerprint density at radius 1 is 1.19 bits per heavy atom. The molecule has 4 rings (SSSR count). The highest BCUT2D eigenvalue weighted by molar-refractivity contribution is 7.99. The van der Waals surface area contributed by atoms with Crippen LogP contribution in [0.5, 0.6) is 5.75 Å². The fourth-order valence-corrected chi connectivity index (χ4v) is 4.16. The minimum absolute atomic E-state index is 0.0201. The van der Waals surface area contributed by atoms with Crippen molar-refractivity contribution in [1.29, 1.82) is 0 Å². The Labute approximate surface area is 162 Å². The molecule has 0 N–H and O–H groups in total. The number of hydrogen-bond acceptors (Lipinski definition) is 5. The van der Waals surface area contributed by atoms with Gasteiger partial charge in [-0.05, 0) is 36.4 Å². The van der Waals surface area contributed by atoms with Gasteiger partial charge in [0.1, 0.15) is 12.4 Å². The zero-order valence-corrected chi connectivity index (χ0v) is 15.8. The van der Waals surface area contributed by atoms with Gasteiger partial charge in [0.25, 0.3) is 5.91 Å². The molecule has 5 nitrogen and oxygen atoms in total. The third kappa shape index (κ3) is 3.91. The van der Waals surface area contributed by atoms with E-state index in [9.17, 15) is 4.79 Å². The highest BCUT2D eigenvalue weighted by Gasteiger charge is 2.27. The smallest absolute Gasteiger partial charge is 0.253 e. The van der Waals surface area contributed by atoms with E-state index in [1.807, 2.05) is 42.6 Å². The summed E-state index contributed by atoms with van der Waals surface area (Å²) in [6.45, 7) is 0.640. The van der Waals surface area contributed by atoms with Gasteiger partial charge in [0, 0.05) is 27.9 Å². The van der Waals surface area contributed by atoms with Gasteiger partial charge in [-0.3, -0.25) is 9.78 Å². The number of thioether (sulfide) groups is 1. The first kappa shape index (κ1) is 17.8. The zero-order chi connectivity index (χ0) is 18.6. The molecule has 1 atom stereocenters. The summed E-state index contributed by atoms with van der Waals surface area (Å²) < 4.78 is 11.0. The van der Waals surface area contributed by atoms with Crippen LogP contribution in [0, 0.1) is 0 Å². The molecule has 2 aromatic carbocycles. The largest absolute Gasteiger partial charge is 0.497 e. The molecule has 3 aromatic rings. The van der Waals surface area contributed by atoms with Crippen LogP contribution in [0.2, 0.25) is 0 Å². The number of fused-ring (bicyclic) bond motifs is 1. The molecule has 27 heavy (non-hydrogen) atoms. The molecule has 1 aromatic heterocycles. The quantitative estimate of drug-likeness (QED) is 0.631. The van der Waals surface area contributed by atoms with E-state index in [0.717, 1.165) is 33.0 Å². The van der Waals surface area contributed by atoms with Crippen LogP contribution in [0.3, 0.4) is 0 Å². The summed E-state index contributed by atoms with van der Waals surface area (Å²) in [5.41, 5.74) is 1.87. The van der Waals surface area contributed by atoms with Crippen LogP contribution >= 0.6 is 11.8 Å². The number of carbonyl (C=O) groups excluding carboxylic acids is 1. The number of hydrogen-bond donors (Lipinski definition) is 0. The van der Waals surface area contributed by atoms with E-state index in [4.69, 9.17) is 9.47 Å². The minimum Gasteiger partial charge on any atom is -0.497 e. The van der Waals surface area contributed by atoms with Crippen molar-refractivity contribution in [2.45, 2.75) is 11.0 Å². The van der Waals surface area contributed by atoms with Crippen molar-refractivity contribution < 1.29 is 14.3 Å². The Morgan fingerprint density at radius 2 is 2.00 bits per heavy atom. The molecule has 0 saturated carbocycles. The van der Waals surface area contributed by atoms with Crippen LogP contribution in [-0.2, 0) is 9.53 Å². The summed E-state index contributed by atoms with van der Waals surface area (Å²) in [7, 11) is 1.63. The number of amides is 1. The summed E-state index contributed by atoms with van der Waals surface area (Å²) in [5, 5.41) is 1.13. The SMILES string of the molecule is COc1ccc(N2CC(CSc3cccc4cccnc34)OCC2=O)cc1. The Morgan fingerprint density at radius 3 is 2.81 bits per heavy atom. The summed E-state index contributed by atoms with van der Waals surface area (Å²) in [4.78, 5) is 19.7. The number of benzene rings is 2. The lowest BCUT2D eigenvalue weighted by Crippen LogP contribution is -2.47. The topological polar surface area (TPSA) is 51.7 Å². The van der Waals surface area contributed by atoms with Crippen molar-refractivity contribution in [3.8, 4) is 5.75 Å². The molecule has 0 radical (unpaired) electrons. The van der Waals surface area contributed by atoms with Crippen LogP contribution in [0.25, 0.3) is 10.9 Å². The van der Waals surface area contributed by atoms with Gasteiger partial charge in [-0.2, -0.15) is 0 Å². The van der Waals surface area contributed by atoms with Crippen molar-refractivity contribution in [2.24, 2.45) is 0 Å². The Kier molecular flexibility index (Phi) is 5.27. The predicted octanol–water partition coefficient (Wildman–Crippen LogP) is 3.77. The van der Waals surface area contributed by atoms with E-state index in [0.29, 0.717) is 6.54 Å². The van der Waals surface area contributed by atoms with Gasteiger partial charge in [-0.1, -0.05) is 18.2 Å². The maximum atomic E-state index is 12.3. The molecule has 1 aliphatic heterocycles. The number of pyridine rings is 1. The molecular weight excluding hydrogens is 360 g/mol. The van der Waals surface area contributed by atoms with Crippen molar-refractivity contribution >= 4 is 34.3 Å². The molecule has 1 amide bonds. The van der Waals surface area contributed by atoms with Crippen LogP contribution in [0.15, 0.2) is 65.7 Å². The first-order valence-corrected chi connectivity index (χ1v) is 9.76. The van der Waals surface area contributed by atoms with Crippen LogP contribution in [0.1, 0.15) is 0 Å². The molecule has 0 bridgehead atoms. The second kappa shape index (κ2) is 7.98. The molecule has 1 fully saturated rings. The molecular formula is C21H20N2O3S. The van der Waals surface area contributed by atoms with E-state index >= 15 is 0 Å². The first-order valence-electron chi connectivity index (χ1n) is 8.77. The van der Waals surface area contributed by atoms with Gasteiger partial charge in [0.05, 0.1) is 25.3 Å². The van der Waals surface area contributed by atoms with E-state index in [2.05, 4.69) is 23.2 Å². The molecule has 1 unspecified atom stereocenters. The maximum absolute atomic E-state index is 12.3. The summed E-state index contributed by atoms with van der Waals surface area (Å²) in [5.74, 6) is 1.51. The fourth-order valence-electron chi connectivity index (χ4n) is 3.11. The van der Waals surface area contributed by atoms with Gasteiger partial charge < -0.3 is 14.4 Å². The number of para-hydroxylation sites is 1. The molecule has 0 aliphatic carbocycles. The van der Waals surface area contributed by atoms with Crippen molar-refractivity contribution in [3.63, 3.8) is 0 Å². The van der Waals surface area contributed by atoms with Gasteiger partial charge in [-0.25, -0.2) is 0 Å². The lowest BCUT2D eigenvalue weighted by atomic mass is 10.2. The third-order valence-electron chi connectivity index (χ3n) is 4.53. The van der Waals surface area contributed by atoms with Crippen LogP contribution in [-0.4, -0.2) is 43.0 Å². The predicted molar refractivity (Wildman–Crippen MR) is 108 cm³/mol. The first-order chi connectivity index (χ1) is 13.2. The number of anilines is 1. The van der Waals surface area contributed by atoms with Gasteiger partial charge in [-0.15, -0.1) is 11.8 Å². The molecule has 138 valence electrons. The van der Waals surface area contributed by atoms with Crippen molar-refractivity contribution in [1.82, 2.24) is 4.98 Å². The van der Waals surface area contributed by atoms with Crippen molar-refractivity contribution in [2.75, 3.05) is 30.9 Å². The normalized spacial score (nSPS) is 17.3. The molecule has 0 spiro atoms. The maximum Gasteiger partial charge on any atom is 0.253 e. The summed E-state index contributed by atoms with van der Waals surface area (Å²) >= 11 is 1.72. The van der Waals surface area contributed by atoms with E-state index < -0.39 is 0 Å². The third-order valence-corrected chi connectivity index (χ3v) is 5.71. The number of aromatic nitrogens is 1. The number of methoxy groups -OCH3 is 1. The number of carbonyl (C=O) groups is 1. The molecule has 6 heteroatoms. The standard InChI is InChI=1S/C21H20N2O3S/c1-25-17-9-7-16(8-10-17)23-12-18(26-13-20(23)24)14-27-19-6-2-4-15-5-3-11-22-21(15)19/h2-11,18H,12-14H2,1H3. The van der Waals surface area contributed by atoms with E-state index in [1.165, 1.54) is 0 Å². The second-order valence-corrected chi connectivity index (χ2v) is 7.34. The lowest BCUT2D eigenvalue weighted by molar-refractivity contribution is -0.128. The molecule has 1 saturated heterocycles. The van der Waals surface area contributed by atoms with Gasteiger partial charge >= 0.3 is 0 Å². The fraction of sp³-hybridized carbons (Fsp3) is 0.238. The monoisotopic (exact) mass is 380 g/mol. The van der Waals surface area contributed by atoms with E-state index in [1.54, 1.807) is 23.8 Å². The van der Waals surface area contributed by atoms with Crippen LogP contribution < -0.4 is 9.64 Å². The summed E-state index contributed by atoms with van der Waals surface area (Å²) in [6.07, 6.45) is 1.78. The molecule has 2 heterocycles. The lowest BCUT2D eigenvalue weighted by Gasteiger charge is -2.32.